The Morgan fingerprint density at radius 2 is 2.23 bits per heavy atom. The highest BCUT2D eigenvalue weighted by Gasteiger charge is 2.11. The molecule has 2 N–H and O–H groups in total. The molecule has 0 aromatic carbocycles. The Labute approximate surface area is 127 Å². The van der Waals surface area contributed by atoms with Crippen molar-refractivity contribution in [2.45, 2.75) is 0 Å². The van der Waals surface area contributed by atoms with E-state index in [1.807, 2.05) is 0 Å². The molecular formula is C13H17N5O4. The first-order valence-electron chi connectivity index (χ1n) is 6.62. The lowest BCUT2D eigenvalue weighted by atomic mass is 10.4. The summed E-state index contributed by atoms with van der Waals surface area (Å²) in [5.74, 6) is -0.127. The van der Waals surface area contributed by atoms with Crippen LogP contribution in [0, 0.1) is 0 Å². The molecule has 0 radical (unpaired) electrons. The van der Waals surface area contributed by atoms with Crippen LogP contribution in [0.5, 0.6) is 5.88 Å². The van der Waals surface area contributed by atoms with E-state index >= 15 is 0 Å². The van der Waals surface area contributed by atoms with Crippen LogP contribution in [0.25, 0.3) is 5.69 Å². The van der Waals surface area contributed by atoms with Gasteiger partial charge in [-0.3, -0.25) is 0 Å². The van der Waals surface area contributed by atoms with E-state index in [9.17, 15) is 4.79 Å². The van der Waals surface area contributed by atoms with E-state index in [4.69, 9.17) is 15.2 Å². The van der Waals surface area contributed by atoms with Gasteiger partial charge in [0.2, 0.25) is 5.88 Å². The van der Waals surface area contributed by atoms with Crippen molar-refractivity contribution in [2.75, 3.05) is 33.5 Å². The fourth-order valence-electron chi connectivity index (χ4n) is 1.60. The second-order valence-electron chi connectivity index (χ2n) is 4.14. The summed E-state index contributed by atoms with van der Waals surface area (Å²) in [5, 5.41) is 7.60. The lowest BCUT2D eigenvalue weighted by Crippen LogP contribution is -2.13. The monoisotopic (exact) mass is 307 g/mol. The van der Waals surface area contributed by atoms with Gasteiger partial charge in [0, 0.05) is 18.8 Å². The smallest absolute Gasteiger partial charge is 0.360 e. The Kier molecular flexibility index (Phi) is 5.81. The molecule has 0 unspecified atom stereocenters. The normalized spacial score (nSPS) is 10.5. The average Bonchev–Trinajstić information content (AvgIpc) is 3.04. The number of pyridine rings is 1. The topological polar surface area (TPSA) is 114 Å². The van der Waals surface area contributed by atoms with Gasteiger partial charge in [0.05, 0.1) is 32.2 Å². The summed E-state index contributed by atoms with van der Waals surface area (Å²) in [4.78, 5) is 15.4. The standard InChI is InChI=1S/C13H17N5O4/c1-20-13(19)11-9-18(17-16-11)10-2-4-15-12(8-10)22-7-6-21-5-3-14/h2,4,8-9H,3,5-7,14H2,1H3. The predicted molar refractivity (Wildman–Crippen MR) is 75.9 cm³/mol. The average molecular weight is 307 g/mol. The number of esters is 1. The minimum Gasteiger partial charge on any atom is -0.475 e. The van der Waals surface area contributed by atoms with Crippen molar-refractivity contribution in [3.63, 3.8) is 0 Å². The highest BCUT2D eigenvalue weighted by atomic mass is 16.5. The fraction of sp³-hybridized carbons (Fsp3) is 0.385. The first kappa shape index (κ1) is 15.9. The Morgan fingerprint density at radius 3 is 3.00 bits per heavy atom. The quantitative estimate of drug-likeness (QED) is 0.527. The molecule has 22 heavy (non-hydrogen) atoms. The Morgan fingerprint density at radius 1 is 1.36 bits per heavy atom. The van der Waals surface area contributed by atoms with Crippen LogP contribution in [-0.4, -0.2) is 59.4 Å². The number of methoxy groups -OCH3 is 1. The first-order valence-corrected chi connectivity index (χ1v) is 6.62. The van der Waals surface area contributed by atoms with Crippen molar-refractivity contribution in [3.8, 4) is 11.6 Å². The summed E-state index contributed by atoms with van der Waals surface area (Å²) in [6.45, 7) is 1.76. The van der Waals surface area contributed by atoms with Crippen molar-refractivity contribution < 1.29 is 19.0 Å². The van der Waals surface area contributed by atoms with E-state index in [-0.39, 0.29) is 5.69 Å². The minimum atomic E-state index is -0.547. The third kappa shape index (κ3) is 4.24. The zero-order valence-corrected chi connectivity index (χ0v) is 12.1. The van der Waals surface area contributed by atoms with Crippen LogP contribution in [0.3, 0.4) is 0 Å². The van der Waals surface area contributed by atoms with Gasteiger partial charge in [-0.1, -0.05) is 5.21 Å². The van der Waals surface area contributed by atoms with Crippen LogP contribution in [0.4, 0.5) is 0 Å². The van der Waals surface area contributed by atoms with E-state index < -0.39 is 5.97 Å². The van der Waals surface area contributed by atoms with E-state index in [0.29, 0.717) is 37.9 Å². The van der Waals surface area contributed by atoms with Gasteiger partial charge in [-0.25, -0.2) is 14.5 Å². The van der Waals surface area contributed by atoms with Crippen molar-refractivity contribution in [3.05, 3.63) is 30.2 Å². The molecule has 2 heterocycles. The van der Waals surface area contributed by atoms with E-state index in [1.165, 1.54) is 18.0 Å². The van der Waals surface area contributed by atoms with Crippen molar-refractivity contribution >= 4 is 5.97 Å². The highest BCUT2D eigenvalue weighted by Crippen LogP contribution is 2.13. The molecule has 9 heteroatoms. The summed E-state index contributed by atoms with van der Waals surface area (Å²) >= 11 is 0. The summed E-state index contributed by atoms with van der Waals surface area (Å²) in [7, 11) is 1.28. The molecule has 118 valence electrons. The maximum absolute atomic E-state index is 11.4. The van der Waals surface area contributed by atoms with Gasteiger partial charge in [0.25, 0.3) is 0 Å². The molecule has 2 aromatic heterocycles. The number of hydrogen-bond donors (Lipinski definition) is 1. The van der Waals surface area contributed by atoms with Crippen LogP contribution >= 0.6 is 0 Å². The van der Waals surface area contributed by atoms with Gasteiger partial charge < -0.3 is 19.9 Å². The Balaban J connectivity index is 1.99. The van der Waals surface area contributed by atoms with Crippen LogP contribution in [0.2, 0.25) is 0 Å². The second-order valence-corrected chi connectivity index (χ2v) is 4.14. The number of nitrogens with two attached hydrogens (primary N) is 1. The number of aromatic nitrogens is 4. The summed E-state index contributed by atoms with van der Waals surface area (Å²) in [6, 6.07) is 3.40. The third-order valence-corrected chi connectivity index (χ3v) is 2.61. The van der Waals surface area contributed by atoms with E-state index in [0.717, 1.165) is 0 Å². The zero-order chi connectivity index (χ0) is 15.8. The van der Waals surface area contributed by atoms with Crippen molar-refractivity contribution in [2.24, 2.45) is 5.73 Å². The number of rotatable bonds is 8. The number of ether oxygens (including phenoxy) is 3. The summed E-state index contributed by atoms with van der Waals surface area (Å²) in [6.07, 6.45) is 3.04. The summed E-state index contributed by atoms with van der Waals surface area (Å²) < 4.78 is 16.7. The zero-order valence-electron chi connectivity index (χ0n) is 12.1. The number of nitrogens with zero attached hydrogens (tertiary/aromatic N) is 4. The van der Waals surface area contributed by atoms with E-state index in [1.54, 1.807) is 18.3 Å². The molecule has 2 rings (SSSR count). The number of carbonyl (C=O) groups is 1. The van der Waals surface area contributed by atoms with Crippen LogP contribution in [0.1, 0.15) is 10.5 Å². The molecule has 0 atom stereocenters. The maximum atomic E-state index is 11.4. The Hall–Kier alpha value is -2.52. The lowest BCUT2D eigenvalue weighted by molar-refractivity contribution is 0.0594. The highest BCUT2D eigenvalue weighted by molar-refractivity contribution is 5.86. The molecule has 0 saturated heterocycles. The Bertz CT molecular complexity index is 616. The minimum absolute atomic E-state index is 0.122. The predicted octanol–water partition coefficient (Wildman–Crippen LogP) is -0.197. The molecule has 0 aliphatic carbocycles. The summed E-state index contributed by atoms with van der Waals surface area (Å²) in [5.41, 5.74) is 6.10. The van der Waals surface area contributed by atoms with E-state index in [2.05, 4.69) is 20.0 Å². The lowest BCUT2D eigenvalue weighted by Gasteiger charge is -2.07. The maximum Gasteiger partial charge on any atom is 0.360 e. The molecule has 2 aromatic rings. The van der Waals surface area contributed by atoms with Gasteiger partial charge >= 0.3 is 5.97 Å². The van der Waals surface area contributed by atoms with Gasteiger partial charge in [-0.15, -0.1) is 5.10 Å². The van der Waals surface area contributed by atoms with Crippen LogP contribution in [0.15, 0.2) is 24.5 Å². The van der Waals surface area contributed by atoms with Gasteiger partial charge in [0.15, 0.2) is 5.69 Å². The van der Waals surface area contributed by atoms with Gasteiger partial charge in [-0.05, 0) is 6.07 Å². The fourth-order valence-corrected chi connectivity index (χ4v) is 1.60. The van der Waals surface area contributed by atoms with Gasteiger partial charge in [-0.2, -0.15) is 0 Å². The molecule has 0 bridgehead atoms. The van der Waals surface area contributed by atoms with Crippen molar-refractivity contribution in [1.82, 2.24) is 20.0 Å². The largest absolute Gasteiger partial charge is 0.475 e. The molecule has 0 aliphatic heterocycles. The molecule has 0 saturated carbocycles. The molecular weight excluding hydrogens is 290 g/mol. The third-order valence-electron chi connectivity index (χ3n) is 2.61. The molecule has 0 aliphatic rings. The van der Waals surface area contributed by atoms with Gasteiger partial charge in [0.1, 0.15) is 6.61 Å². The number of carbonyl (C=O) groups excluding carboxylic acids is 1. The van der Waals surface area contributed by atoms with Crippen LogP contribution in [-0.2, 0) is 9.47 Å². The molecule has 0 amide bonds. The number of hydrogen-bond acceptors (Lipinski definition) is 8. The molecule has 0 spiro atoms. The molecule has 9 nitrogen and oxygen atoms in total. The van der Waals surface area contributed by atoms with Crippen LogP contribution < -0.4 is 10.5 Å². The second kappa shape index (κ2) is 8.05. The first-order chi connectivity index (χ1) is 10.7. The van der Waals surface area contributed by atoms with Crippen molar-refractivity contribution in [1.29, 1.82) is 0 Å². The molecule has 0 fully saturated rings. The SMILES string of the molecule is COC(=O)c1cn(-c2ccnc(OCCOCCN)c2)nn1.